The highest BCUT2D eigenvalue weighted by molar-refractivity contribution is 5.51. The minimum atomic E-state index is 0.854. The van der Waals surface area contributed by atoms with Crippen molar-refractivity contribution in [2.24, 2.45) is 0 Å². The first-order valence-electron chi connectivity index (χ1n) is 4.49. The van der Waals surface area contributed by atoms with Crippen LogP contribution >= 0.6 is 0 Å². The summed E-state index contributed by atoms with van der Waals surface area (Å²) in [6.45, 7) is 7.09. The van der Waals surface area contributed by atoms with E-state index in [0.29, 0.717) is 0 Å². The van der Waals surface area contributed by atoms with Crippen LogP contribution in [0, 0.1) is 6.92 Å². The molecule has 0 bridgehead atoms. The first kappa shape index (κ1) is 9.11. The molecule has 1 rings (SSSR count). The molecule has 1 N–H and O–H groups in total. The molecule has 0 aromatic heterocycles. The molecule has 1 aromatic rings. The van der Waals surface area contributed by atoms with Gasteiger partial charge < -0.3 is 5.32 Å². The predicted octanol–water partition coefficient (Wildman–Crippen LogP) is 2.89. The van der Waals surface area contributed by atoms with E-state index in [0.717, 1.165) is 19.4 Å². The van der Waals surface area contributed by atoms with E-state index in [1.807, 2.05) is 0 Å². The maximum Gasteiger partial charge on any atom is 0.0372 e. The molecule has 0 aliphatic heterocycles. The molecular formula is C11H16N. The summed E-state index contributed by atoms with van der Waals surface area (Å²) < 4.78 is 0. The lowest BCUT2D eigenvalue weighted by Crippen LogP contribution is -2.02. The fourth-order valence-electron chi connectivity index (χ4n) is 1.17. The van der Waals surface area contributed by atoms with Gasteiger partial charge in [0.25, 0.3) is 0 Å². The lowest BCUT2D eigenvalue weighted by molar-refractivity contribution is 0.975. The molecule has 1 radical (unpaired) electrons. The van der Waals surface area contributed by atoms with Crippen molar-refractivity contribution in [3.8, 4) is 0 Å². The Bertz CT molecular complexity index is 230. The maximum atomic E-state index is 3.88. The quantitative estimate of drug-likeness (QED) is 0.717. The summed E-state index contributed by atoms with van der Waals surface area (Å²) >= 11 is 0. The third kappa shape index (κ3) is 2.26. The van der Waals surface area contributed by atoms with Crippen molar-refractivity contribution in [1.29, 1.82) is 0 Å². The molecule has 0 unspecified atom stereocenters. The highest BCUT2D eigenvalue weighted by Gasteiger charge is 1.96. The van der Waals surface area contributed by atoms with Crippen molar-refractivity contribution in [3.63, 3.8) is 0 Å². The van der Waals surface area contributed by atoms with Crippen LogP contribution in [0.1, 0.15) is 18.9 Å². The second-order valence-corrected chi connectivity index (χ2v) is 2.83. The Hall–Kier alpha value is -0.980. The average Bonchev–Trinajstić information content (AvgIpc) is 2.15. The number of anilines is 1. The summed E-state index contributed by atoms with van der Waals surface area (Å²) in [6, 6.07) is 8.33. The molecular weight excluding hydrogens is 146 g/mol. The van der Waals surface area contributed by atoms with Crippen LogP contribution in [0.4, 0.5) is 5.69 Å². The van der Waals surface area contributed by atoms with Gasteiger partial charge in [-0.2, -0.15) is 0 Å². The van der Waals surface area contributed by atoms with Crippen LogP contribution in [-0.4, -0.2) is 6.54 Å². The average molecular weight is 162 g/mol. The molecule has 0 saturated heterocycles. The molecule has 65 valence electrons. The highest BCUT2D eigenvalue weighted by Crippen LogP contribution is 2.14. The summed E-state index contributed by atoms with van der Waals surface area (Å²) in [5, 5.41) is 3.37. The summed E-state index contributed by atoms with van der Waals surface area (Å²) in [4.78, 5) is 0. The van der Waals surface area contributed by atoms with Crippen LogP contribution in [0.2, 0.25) is 0 Å². The van der Waals surface area contributed by atoms with Gasteiger partial charge in [-0.1, -0.05) is 25.1 Å². The molecule has 0 spiro atoms. The molecule has 12 heavy (non-hydrogen) atoms. The second kappa shape index (κ2) is 4.81. The number of hydrogen-bond acceptors (Lipinski definition) is 1. The van der Waals surface area contributed by atoms with Gasteiger partial charge in [0.2, 0.25) is 0 Å². The molecule has 0 saturated carbocycles. The lowest BCUT2D eigenvalue weighted by Gasteiger charge is -2.08. The Morgan fingerprint density at radius 2 is 2.08 bits per heavy atom. The van der Waals surface area contributed by atoms with Crippen LogP contribution < -0.4 is 5.32 Å². The third-order valence-corrected chi connectivity index (χ3v) is 1.85. The molecule has 1 heteroatoms. The normalized spacial score (nSPS) is 9.83. The van der Waals surface area contributed by atoms with Gasteiger partial charge in [-0.05, 0) is 31.4 Å². The molecule has 0 heterocycles. The van der Waals surface area contributed by atoms with Gasteiger partial charge in [-0.15, -0.1) is 0 Å². The van der Waals surface area contributed by atoms with Gasteiger partial charge in [-0.25, -0.2) is 0 Å². The maximum absolute atomic E-state index is 3.88. The smallest absolute Gasteiger partial charge is 0.0372 e. The minimum Gasteiger partial charge on any atom is -0.385 e. The summed E-state index contributed by atoms with van der Waals surface area (Å²) in [5.74, 6) is 0. The van der Waals surface area contributed by atoms with E-state index in [9.17, 15) is 0 Å². The number of rotatable bonds is 4. The van der Waals surface area contributed by atoms with Gasteiger partial charge in [0, 0.05) is 12.2 Å². The zero-order valence-corrected chi connectivity index (χ0v) is 7.64. The van der Waals surface area contributed by atoms with E-state index in [2.05, 4.69) is 43.4 Å². The molecule has 0 aliphatic rings. The summed E-state index contributed by atoms with van der Waals surface area (Å²) in [7, 11) is 0. The van der Waals surface area contributed by atoms with Gasteiger partial charge in [0.1, 0.15) is 0 Å². The van der Waals surface area contributed by atoms with Crippen molar-refractivity contribution in [2.75, 3.05) is 11.9 Å². The zero-order chi connectivity index (χ0) is 8.81. The van der Waals surface area contributed by atoms with Crippen molar-refractivity contribution >= 4 is 5.69 Å². The van der Waals surface area contributed by atoms with E-state index in [4.69, 9.17) is 0 Å². The van der Waals surface area contributed by atoms with Crippen LogP contribution in [0.15, 0.2) is 24.3 Å². The van der Waals surface area contributed by atoms with Crippen molar-refractivity contribution in [1.82, 2.24) is 0 Å². The van der Waals surface area contributed by atoms with Crippen molar-refractivity contribution < 1.29 is 0 Å². The zero-order valence-electron chi connectivity index (χ0n) is 7.64. The van der Waals surface area contributed by atoms with E-state index in [1.165, 1.54) is 11.3 Å². The minimum absolute atomic E-state index is 0.854. The number of para-hydroxylation sites is 1. The fraction of sp³-hybridized carbons (Fsp3) is 0.364. The predicted molar refractivity (Wildman–Crippen MR) is 54.3 cm³/mol. The lowest BCUT2D eigenvalue weighted by atomic mass is 10.1. The number of hydrogen-bond donors (Lipinski definition) is 1. The number of benzene rings is 1. The van der Waals surface area contributed by atoms with Crippen molar-refractivity contribution in [2.45, 2.75) is 19.8 Å². The summed E-state index contributed by atoms with van der Waals surface area (Å²) in [6.07, 6.45) is 2.01. The first-order valence-corrected chi connectivity index (χ1v) is 4.49. The van der Waals surface area contributed by atoms with E-state index < -0.39 is 0 Å². The fourth-order valence-corrected chi connectivity index (χ4v) is 1.17. The van der Waals surface area contributed by atoms with E-state index in [1.54, 1.807) is 0 Å². The van der Waals surface area contributed by atoms with Crippen LogP contribution in [-0.2, 0) is 6.42 Å². The molecule has 0 aliphatic carbocycles. The molecule has 0 amide bonds. The standard InChI is InChI=1S/C11H16N/c1-3-9-12-11-8-6-5-7-10(11)4-2/h5-8,12H,2-4,9H2,1H3. The van der Waals surface area contributed by atoms with E-state index in [-0.39, 0.29) is 0 Å². The van der Waals surface area contributed by atoms with Crippen molar-refractivity contribution in [3.05, 3.63) is 36.8 Å². The van der Waals surface area contributed by atoms with Crippen LogP contribution in [0.5, 0.6) is 0 Å². The number of nitrogens with one attached hydrogen (secondary N) is 1. The third-order valence-electron chi connectivity index (χ3n) is 1.85. The summed E-state index contributed by atoms with van der Waals surface area (Å²) in [5.41, 5.74) is 2.53. The van der Waals surface area contributed by atoms with Gasteiger partial charge in [0.05, 0.1) is 0 Å². The molecule has 0 atom stereocenters. The van der Waals surface area contributed by atoms with Crippen LogP contribution in [0.25, 0.3) is 0 Å². The Balaban J connectivity index is 2.68. The van der Waals surface area contributed by atoms with Gasteiger partial charge in [-0.3, -0.25) is 0 Å². The van der Waals surface area contributed by atoms with Gasteiger partial charge in [0.15, 0.2) is 0 Å². The highest BCUT2D eigenvalue weighted by atomic mass is 14.9. The monoisotopic (exact) mass is 162 g/mol. The topological polar surface area (TPSA) is 12.0 Å². The largest absolute Gasteiger partial charge is 0.385 e. The Morgan fingerprint density at radius 1 is 1.33 bits per heavy atom. The van der Waals surface area contributed by atoms with Crippen LogP contribution in [0.3, 0.4) is 0 Å². The van der Waals surface area contributed by atoms with Gasteiger partial charge >= 0.3 is 0 Å². The first-order chi connectivity index (χ1) is 5.88. The Labute approximate surface area is 74.8 Å². The Kier molecular flexibility index (Phi) is 3.65. The SMILES string of the molecule is [CH2]Cc1ccccc1NCCC. The van der Waals surface area contributed by atoms with E-state index >= 15 is 0 Å². The second-order valence-electron chi connectivity index (χ2n) is 2.83. The Morgan fingerprint density at radius 3 is 2.75 bits per heavy atom. The molecule has 0 fully saturated rings. The molecule has 1 nitrogen and oxygen atoms in total. The molecule has 1 aromatic carbocycles.